The summed E-state index contributed by atoms with van der Waals surface area (Å²) in [5, 5.41) is 9.78. The van der Waals surface area contributed by atoms with Crippen LogP contribution in [-0.4, -0.2) is 107 Å². The Balaban J connectivity index is 0.000000281. The molecule has 4 rings (SSSR count). The first-order valence-corrected chi connectivity index (χ1v) is 17.7. The number of methoxy groups -OCH3 is 2. The van der Waals surface area contributed by atoms with Gasteiger partial charge in [-0.25, -0.2) is 19.6 Å². The summed E-state index contributed by atoms with van der Waals surface area (Å²) in [7, 11) is 3.10. The second-order valence-corrected chi connectivity index (χ2v) is 15.3. The van der Waals surface area contributed by atoms with Gasteiger partial charge in [-0.2, -0.15) is 0 Å². The molecule has 0 saturated carbocycles. The predicted molar refractivity (Wildman–Crippen MR) is 192 cm³/mol. The van der Waals surface area contributed by atoms with Crippen molar-refractivity contribution in [2.45, 2.75) is 98.2 Å². The first kappa shape index (κ1) is 41.8. The third-order valence-electron chi connectivity index (χ3n) is 9.01. The van der Waals surface area contributed by atoms with Gasteiger partial charge in [0.25, 0.3) is 0 Å². The highest BCUT2D eigenvalue weighted by molar-refractivity contribution is 5.78. The Bertz CT molecular complexity index is 1480. The zero-order valence-corrected chi connectivity index (χ0v) is 32.2. The number of piperidine rings is 2. The van der Waals surface area contributed by atoms with E-state index in [1.807, 2.05) is 53.7 Å². The summed E-state index contributed by atoms with van der Waals surface area (Å²) in [6.07, 6.45) is 5.34. The van der Waals surface area contributed by atoms with Crippen molar-refractivity contribution in [3.63, 3.8) is 0 Å². The molecule has 2 fully saturated rings. The molecule has 0 atom stereocenters. The van der Waals surface area contributed by atoms with Crippen LogP contribution in [0.4, 0.5) is 9.59 Å². The fourth-order valence-corrected chi connectivity index (χ4v) is 6.15. The first-order chi connectivity index (χ1) is 24.3. The highest BCUT2D eigenvalue weighted by Crippen LogP contribution is 2.38. The maximum absolute atomic E-state index is 12.8. The third kappa shape index (κ3) is 12.0. The van der Waals surface area contributed by atoms with Gasteiger partial charge in [-0.05, 0) is 98.1 Å². The Hall–Kier alpha value is -4.62. The third-order valence-corrected chi connectivity index (χ3v) is 9.01. The molecule has 0 aromatic carbocycles. The second kappa shape index (κ2) is 17.7. The number of aliphatic carboxylic acids is 1. The van der Waals surface area contributed by atoms with E-state index in [9.17, 15) is 24.3 Å². The average Bonchev–Trinajstić information content (AvgIpc) is 3.08. The quantitative estimate of drug-likeness (QED) is 0.239. The fraction of sp³-hybridized carbons (Fsp3) is 0.632. The van der Waals surface area contributed by atoms with Gasteiger partial charge in [0, 0.05) is 50.7 Å². The SMILES string of the molecule is CCOC(=O)C1(Cc2ccc(OC)nc2)CCN(C(=O)OC(C)(C)C)CC1.COc1ccc(CC2(C(=O)O)CCN(C(=O)OC(C)(C)C)CC2)cn1. The molecule has 0 unspecified atom stereocenters. The molecule has 0 radical (unpaired) electrons. The number of amides is 2. The lowest BCUT2D eigenvalue weighted by Crippen LogP contribution is -2.49. The number of carbonyl (C=O) groups is 4. The van der Waals surface area contributed by atoms with Gasteiger partial charge in [0.2, 0.25) is 11.8 Å². The average molecular weight is 729 g/mol. The number of carboxylic acids is 1. The van der Waals surface area contributed by atoms with Gasteiger partial charge in [0.1, 0.15) is 11.2 Å². The number of hydrogen-bond donors (Lipinski definition) is 1. The predicted octanol–water partition coefficient (Wildman–Crippen LogP) is 5.95. The Morgan fingerprint density at radius 2 is 1.08 bits per heavy atom. The van der Waals surface area contributed by atoms with E-state index in [0.29, 0.717) is 83.1 Å². The lowest BCUT2D eigenvalue weighted by atomic mass is 9.74. The molecule has 2 aromatic rings. The maximum Gasteiger partial charge on any atom is 0.410 e. The number of hydrogen-bond acceptors (Lipinski definition) is 11. The number of carbonyl (C=O) groups excluding carboxylic acids is 3. The second-order valence-electron chi connectivity index (χ2n) is 15.3. The van der Waals surface area contributed by atoms with Crippen LogP contribution in [0.1, 0.15) is 85.3 Å². The topological polar surface area (TPSA) is 167 Å². The largest absolute Gasteiger partial charge is 0.481 e. The summed E-state index contributed by atoms with van der Waals surface area (Å²) in [4.78, 5) is 60.8. The minimum absolute atomic E-state index is 0.218. The van der Waals surface area contributed by atoms with E-state index >= 15 is 0 Å². The van der Waals surface area contributed by atoms with Crippen molar-refractivity contribution in [1.82, 2.24) is 19.8 Å². The van der Waals surface area contributed by atoms with Crippen LogP contribution in [-0.2, 0) is 36.6 Å². The first-order valence-electron chi connectivity index (χ1n) is 17.7. The van der Waals surface area contributed by atoms with Crippen molar-refractivity contribution in [1.29, 1.82) is 0 Å². The van der Waals surface area contributed by atoms with Gasteiger partial charge in [0.05, 0.1) is 31.7 Å². The summed E-state index contributed by atoms with van der Waals surface area (Å²) in [6, 6.07) is 7.24. The zero-order chi connectivity index (χ0) is 38.7. The Labute approximate surface area is 307 Å². The van der Waals surface area contributed by atoms with Crippen LogP contribution in [0.3, 0.4) is 0 Å². The molecule has 288 valence electrons. The molecule has 1 N–H and O–H groups in total. The monoisotopic (exact) mass is 728 g/mol. The molecule has 0 bridgehead atoms. The van der Waals surface area contributed by atoms with Crippen molar-refractivity contribution in [2.24, 2.45) is 10.8 Å². The summed E-state index contributed by atoms with van der Waals surface area (Å²) in [5.74, 6) is -0.0339. The van der Waals surface area contributed by atoms with Gasteiger partial charge in [0.15, 0.2) is 0 Å². The number of pyridine rings is 2. The highest BCUT2D eigenvalue weighted by atomic mass is 16.6. The van der Waals surface area contributed by atoms with E-state index in [-0.39, 0.29) is 12.1 Å². The van der Waals surface area contributed by atoms with Gasteiger partial charge in [-0.3, -0.25) is 9.59 Å². The highest BCUT2D eigenvalue weighted by Gasteiger charge is 2.45. The minimum atomic E-state index is -0.894. The molecule has 4 heterocycles. The van der Waals surface area contributed by atoms with Crippen molar-refractivity contribution in [3.05, 3.63) is 47.8 Å². The maximum atomic E-state index is 12.8. The Morgan fingerprint density at radius 3 is 1.38 bits per heavy atom. The summed E-state index contributed by atoms with van der Waals surface area (Å²) in [6.45, 7) is 14.7. The van der Waals surface area contributed by atoms with Crippen LogP contribution in [0.25, 0.3) is 0 Å². The molecular weight excluding hydrogens is 672 g/mol. The molecule has 52 heavy (non-hydrogen) atoms. The van der Waals surface area contributed by atoms with Crippen LogP contribution in [0.2, 0.25) is 0 Å². The van der Waals surface area contributed by atoms with Crippen molar-refractivity contribution < 1.29 is 48.0 Å². The van der Waals surface area contributed by atoms with Crippen LogP contribution in [0, 0.1) is 10.8 Å². The molecule has 0 spiro atoms. The van der Waals surface area contributed by atoms with Crippen LogP contribution in [0.15, 0.2) is 36.7 Å². The smallest absolute Gasteiger partial charge is 0.410 e. The van der Waals surface area contributed by atoms with E-state index in [2.05, 4.69) is 9.97 Å². The van der Waals surface area contributed by atoms with E-state index in [4.69, 9.17) is 23.7 Å². The summed E-state index contributed by atoms with van der Waals surface area (Å²) < 4.78 is 26.3. The summed E-state index contributed by atoms with van der Waals surface area (Å²) in [5.41, 5.74) is -0.877. The molecular formula is C38H56N4O10. The van der Waals surface area contributed by atoms with Crippen LogP contribution in [0.5, 0.6) is 11.8 Å². The molecule has 0 aliphatic carbocycles. The molecule has 2 amide bonds. The molecule has 14 nitrogen and oxygen atoms in total. The molecule has 2 aromatic heterocycles. The van der Waals surface area contributed by atoms with Gasteiger partial charge < -0.3 is 38.6 Å². The van der Waals surface area contributed by atoms with Crippen molar-refractivity contribution in [3.8, 4) is 11.8 Å². The molecule has 14 heteroatoms. The molecule has 2 saturated heterocycles. The van der Waals surface area contributed by atoms with Gasteiger partial charge in [-0.1, -0.05) is 12.1 Å². The number of ether oxygens (including phenoxy) is 5. The Kier molecular flexibility index (Phi) is 14.3. The number of rotatable bonds is 9. The van der Waals surface area contributed by atoms with E-state index in [1.165, 1.54) is 7.11 Å². The molecule has 2 aliphatic heterocycles. The Morgan fingerprint density at radius 1 is 0.692 bits per heavy atom. The number of likely N-dealkylation sites (tertiary alicyclic amines) is 2. The fourth-order valence-electron chi connectivity index (χ4n) is 6.15. The van der Waals surface area contributed by atoms with Gasteiger partial charge in [-0.15, -0.1) is 0 Å². The number of aromatic nitrogens is 2. The number of esters is 1. The lowest BCUT2D eigenvalue weighted by molar-refractivity contribution is -0.158. The van der Waals surface area contributed by atoms with E-state index < -0.39 is 34.1 Å². The van der Waals surface area contributed by atoms with Crippen molar-refractivity contribution in [2.75, 3.05) is 47.0 Å². The van der Waals surface area contributed by atoms with Crippen LogP contribution >= 0.6 is 0 Å². The van der Waals surface area contributed by atoms with E-state index in [0.717, 1.165) is 11.1 Å². The van der Waals surface area contributed by atoms with Gasteiger partial charge >= 0.3 is 24.1 Å². The normalized spacial score (nSPS) is 16.8. The van der Waals surface area contributed by atoms with E-state index in [1.54, 1.807) is 48.4 Å². The zero-order valence-electron chi connectivity index (χ0n) is 32.2. The standard InChI is InChI=1S/C20H30N2O5.C18H26N2O5/c1-6-26-17(23)20(13-15-7-8-16(25-5)21-14-15)9-11-22(12-10-20)18(24)27-19(2,3)4;1-17(2,3)25-16(23)20-9-7-18(8-10-20,15(21)22)11-13-5-6-14(24-4)19-12-13/h7-8,14H,6,9-13H2,1-5H3;5-6,12H,7-11H2,1-4H3,(H,21,22). The number of nitrogens with zero attached hydrogens (tertiary/aromatic N) is 4. The number of carboxylic acid groups (broad SMARTS) is 1. The lowest BCUT2D eigenvalue weighted by Gasteiger charge is -2.40. The summed E-state index contributed by atoms with van der Waals surface area (Å²) >= 11 is 0. The minimum Gasteiger partial charge on any atom is -0.481 e. The molecule has 2 aliphatic rings. The van der Waals surface area contributed by atoms with Crippen molar-refractivity contribution >= 4 is 24.1 Å². The van der Waals surface area contributed by atoms with Crippen LogP contribution < -0.4 is 9.47 Å².